The molecule has 0 spiro atoms. The largest absolute Gasteiger partial charge is 0.349 e. The highest BCUT2D eigenvalue weighted by molar-refractivity contribution is 6.38. The van der Waals surface area contributed by atoms with Crippen molar-refractivity contribution < 1.29 is 9.59 Å². The number of para-hydroxylation sites is 2. The number of hydrogen-bond acceptors (Lipinski definition) is 2. The lowest BCUT2D eigenvalue weighted by Crippen LogP contribution is -2.33. The molecular formula is C19H18ClN3O2. The molecule has 0 atom stereocenters. The number of amides is 2. The Morgan fingerprint density at radius 1 is 1.08 bits per heavy atom. The third-order valence-electron chi connectivity index (χ3n) is 3.95. The predicted molar refractivity (Wildman–Crippen MR) is 100 cm³/mol. The quantitative estimate of drug-likeness (QED) is 0.652. The van der Waals surface area contributed by atoms with Crippen LogP contribution in [0.25, 0.3) is 10.9 Å². The van der Waals surface area contributed by atoms with Crippen molar-refractivity contribution in [1.82, 2.24) is 10.3 Å². The van der Waals surface area contributed by atoms with Crippen molar-refractivity contribution in [3.8, 4) is 0 Å². The molecule has 3 rings (SSSR count). The molecule has 3 N–H and O–H groups in total. The molecule has 3 aromatic rings. The summed E-state index contributed by atoms with van der Waals surface area (Å²) in [6.45, 7) is 1.88. The minimum atomic E-state index is -0.417. The van der Waals surface area contributed by atoms with Crippen LogP contribution in [0.2, 0.25) is 5.02 Å². The summed E-state index contributed by atoms with van der Waals surface area (Å²) in [5.74, 6) is -0.707. The summed E-state index contributed by atoms with van der Waals surface area (Å²) < 4.78 is 0. The molecule has 0 saturated carbocycles. The van der Waals surface area contributed by atoms with Gasteiger partial charge in [0.2, 0.25) is 5.91 Å². The fraction of sp³-hybridized carbons (Fsp3) is 0.158. The van der Waals surface area contributed by atoms with E-state index in [1.54, 1.807) is 0 Å². The lowest BCUT2D eigenvalue weighted by Gasteiger charge is -2.10. The Kier molecular flexibility index (Phi) is 5.05. The van der Waals surface area contributed by atoms with Gasteiger partial charge in [0, 0.05) is 16.6 Å². The molecule has 0 unspecified atom stereocenters. The van der Waals surface area contributed by atoms with Gasteiger partial charge >= 0.3 is 0 Å². The van der Waals surface area contributed by atoms with Gasteiger partial charge < -0.3 is 15.6 Å². The van der Waals surface area contributed by atoms with E-state index < -0.39 is 5.91 Å². The number of aromatic amines is 1. The number of aryl methyl sites for hydroxylation is 1. The third-order valence-corrected chi connectivity index (χ3v) is 4.34. The average molecular weight is 356 g/mol. The van der Waals surface area contributed by atoms with E-state index >= 15 is 0 Å². The lowest BCUT2D eigenvalue weighted by atomic mass is 10.1. The van der Waals surface area contributed by atoms with Crippen LogP contribution >= 0.6 is 11.6 Å². The zero-order valence-electron chi connectivity index (χ0n) is 13.7. The Morgan fingerprint density at radius 2 is 1.80 bits per heavy atom. The van der Waals surface area contributed by atoms with E-state index in [0.29, 0.717) is 5.02 Å². The van der Waals surface area contributed by atoms with Gasteiger partial charge in [0.25, 0.3) is 5.91 Å². The van der Waals surface area contributed by atoms with Gasteiger partial charge in [0.1, 0.15) is 5.69 Å². The number of rotatable bonds is 5. The van der Waals surface area contributed by atoms with Gasteiger partial charge in [-0.2, -0.15) is 0 Å². The van der Waals surface area contributed by atoms with Crippen molar-refractivity contribution in [1.29, 1.82) is 0 Å². The Hall–Kier alpha value is -2.79. The van der Waals surface area contributed by atoms with Crippen LogP contribution in [-0.4, -0.2) is 23.3 Å². The summed E-state index contributed by atoms with van der Waals surface area (Å²) in [6.07, 6.45) is 0.813. The van der Waals surface area contributed by atoms with Crippen molar-refractivity contribution >= 4 is 40.0 Å². The van der Waals surface area contributed by atoms with Crippen LogP contribution in [0.4, 0.5) is 5.69 Å². The Balaban J connectivity index is 1.65. The standard InChI is InChI=1S/C19H18ClN3O2/c1-2-12-7-3-5-9-14(12)22-16(24)11-21-19(25)18-17(20)13-8-4-6-10-15(13)23-18/h3-10,23H,2,11H2,1H3,(H,21,25)(H,22,24). The number of anilines is 1. The third kappa shape index (κ3) is 3.67. The molecule has 0 saturated heterocycles. The van der Waals surface area contributed by atoms with Crippen LogP contribution in [0, 0.1) is 0 Å². The highest BCUT2D eigenvalue weighted by atomic mass is 35.5. The van der Waals surface area contributed by atoms with Gasteiger partial charge in [0.15, 0.2) is 0 Å². The minimum Gasteiger partial charge on any atom is -0.349 e. The highest BCUT2D eigenvalue weighted by Crippen LogP contribution is 2.26. The fourth-order valence-electron chi connectivity index (χ4n) is 2.66. The van der Waals surface area contributed by atoms with Crippen LogP contribution in [0.3, 0.4) is 0 Å². The summed E-state index contributed by atoms with van der Waals surface area (Å²) in [5, 5.41) is 6.53. The van der Waals surface area contributed by atoms with E-state index in [-0.39, 0.29) is 18.1 Å². The number of fused-ring (bicyclic) bond motifs is 1. The van der Waals surface area contributed by atoms with Crippen LogP contribution in [0.15, 0.2) is 48.5 Å². The molecule has 0 aliphatic heterocycles. The van der Waals surface area contributed by atoms with E-state index in [1.807, 2.05) is 55.5 Å². The number of benzene rings is 2. The topological polar surface area (TPSA) is 74.0 Å². The summed E-state index contributed by atoms with van der Waals surface area (Å²) >= 11 is 6.24. The minimum absolute atomic E-state index is 0.136. The van der Waals surface area contributed by atoms with Crippen LogP contribution in [0.1, 0.15) is 23.0 Å². The van der Waals surface area contributed by atoms with E-state index in [9.17, 15) is 9.59 Å². The van der Waals surface area contributed by atoms with Crippen LogP contribution in [0.5, 0.6) is 0 Å². The zero-order valence-corrected chi connectivity index (χ0v) is 14.5. The molecule has 2 aromatic carbocycles. The Bertz CT molecular complexity index is 933. The molecule has 1 aromatic heterocycles. The molecule has 1 heterocycles. The number of halogens is 1. The first-order valence-electron chi connectivity index (χ1n) is 8.02. The van der Waals surface area contributed by atoms with Gasteiger partial charge in [-0.25, -0.2) is 0 Å². The van der Waals surface area contributed by atoms with Gasteiger partial charge in [0.05, 0.1) is 11.6 Å². The normalized spacial score (nSPS) is 10.6. The van der Waals surface area contributed by atoms with Crippen LogP contribution in [-0.2, 0) is 11.2 Å². The van der Waals surface area contributed by atoms with Gasteiger partial charge in [-0.15, -0.1) is 0 Å². The molecule has 2 amide bonds. The SMILES string of the molecule is CCc1ccccc1NC(=O)CNC(=O)c1[nH]c2ccccc2c1Cl. The average Bonchev–Trinajstić information content (AvgIpc) is 2.97. The number of aromatic nitrogens is 1. The van der Waals surface area contributed by atoms with Gasteiger partial charge in [-0.1, -0.05) is 54.9 Å². The highest BCUT2D eigenvalue weighted by Gasteiger charge is 2.17. The zero-order chi connectivity index (χ0) is 17.8. The van der Waals surface area contributed by atoms with Gasteiger partial charge in [-0.3, -0.25) is 9.59 Å². The molecule has 0 aliphatic carbocycles. The number of hydrogen-bond donors (Lipinski definition) is 3. The summed E-state index contributed by atoms with van der Waals surface area (Å²) in [6, 6.07) is 15.0. The molecule has 0 fully saturated rings. The van der Waals surface area contributed by atoms with Crippen molar-refractivity contribution in [3.05, 3.63) is 64.8 Å². The lowest BCUT2D eigenvalue weighted by molar-refractivity contribution is -0.115. The monoisotopic (exact) mass is 355 g/mol. The van der Waals surface area contributed by atoms with Gasteiger partial charge in [-0.05, 0) is 24.1 Å². The molecule has 0 radical (unpaired) electrons. The maximum atomic E-state index is 12.3. The molecular weight excluding hydrogens is 338 g/mol. The second-order valence-corrected chi connectivity index (χ2v) is 5.98. The van der Waals surface area contributed by atoms with Crippen LogP contribution < -0.4 is 10.6 Å². The maximum Gasteiger partial charge on any atom is 0.269 e. The Labute approximate surface area is 150 Å². The number of carbonyl (C=O) groups excluding carboxylic acids is 2. The van der Waals surface area contributed by atoms with Crippen molar-refractivity contribution in [2.45, 2.75) is 13.3 Å². The number of carbonyl (C=O) groups is 2. The second kappa shape index (κ2) is 7.40. The molecule has 0 aliphatic rings. The molecule has 0 bridgehead atoms. The number of nitrogens with one attached hydrogen (secondary N) is 3. The Morgan fingerprint density at radius 3 is 2.56 bits per heavy atom. The summed E-state index contributed by atoms with van der Waals surface area (Å²) in [4.78, 5) is 27.4. The number of H-pyrrole nitrogens is 1. The maximum absolute atomic E-state index is 12.3. The summed E-state index contributed by atoms with van der Waals surface area (Å²) in [7, 11) is 0. The molecule has 128 valence electrons. The van der Waals surface area contributed by atoms with Crippen molar-refractivity contribution in [2.75, 3.05) is 11.9 Å². The first-order valence-corrected chi connectivity index (χ1v) is 8.40. The van der Waals surface area contributed by atoms with E-state index in [2.05, 4.69) is 15.6 Å². The first kappa shape index (κ1) is 17.0. The smallest absolute Gasteiger partial charge is 0.269 e. The molecule has 5 nitrogen and oxygen atoms in total. The van der Waals surface area contributed by atoms with E-state index in [4.69, 9.17) is 11.6 Å². The first-order chi connectivity index (χ1) is 12.1. The predicted octanol–water partition coefficient (Wildman–Crippen LogP) is 3.75. The summed E-state index contributed by atoms with van der Waals surface area (Å²) in [5.41, 5.74) is 2.83. The van der Waals surface area contributed by atoms with Crippen molar-refractivity contribution in [2.24, 2.45) is 0 Å². The van der Waals surface area contributed by atoms with E-state index in [1.165, 1.54) is 0 Å². The fourth-order valence-corrected chi connectivity index (χ4v) is 2.96. The molecule has 6 heteroatoms. The van der Waals surface area contributed by atoms with Crippen molar-refractivity contribution in [3.63, 3.8) is 0 Å². The molecule has 25 heavy (non-hydrogen) atoms. The van der Waals surface area contributed by atoms with E-state index in [0.717, 1.165) is 28.6 Å². The second-order valence-electron chi connectivity index (χ2n) is 5.60.